The van der Waals surface area contributed by atoms with Crippen LogP contribution in [0, 0.1) is 5.92 Å². The zero-order valence-corrected chi connectivity index (χ0v) is 11.8. The Bertz CT molecular complexity index is 612. The summed E-state index contributed by atoms with van der Waals surface area (Å²) in [6.45, 7) is 9.32. The number of hydrogen-bond acceptors (Lipinski definition) is 2. The second-order valence-electron chi connectivity index (χ2n) is 5.61. The maximum Gasteiger partial charge on any atom is 0.337 e. The average molecular weight is 260 g/mol. The topological polar surface area (TPSA) is 55.1 Å². The smallest absolute Gasteiger partial charge is 0.337 e. The van der Waals surface area contributed by atoms with E-state index in [9.17, 15) is 9.90 Å². The molecule has 0 aliphatic heterocycles. The highest BCUT2D eigenvalue weighted by Crippen LogP contribution is 2.25. The van der Waals surface area contributed by atoms with Gasteiger partial charge in [0.2, 0.25) is 0 Å². The summed E-state index contributed by atoms with van der Waals surface area (Å²) in [7, 11) is 0. The third-order valence-corrected chi connectivity index (χ3v) is 3.10. The standard InChI is InChI=1S/C15H20N2O2/c1-9(2)8-17-12-7-5-6-11(15(18)19)13(12)16-14(17)10(3)4/h5-7,9-10H,8H2,1-4H3,(H,18,19). The lowest BCUT2D eigenvalue weighted by Gasteiger charge is -2.13. The van der Waals surface area contributed by atoms with Crippen LogP contribution >= 0.6 is 0 Å². The number of para-hydroxylation sites is 1. The largest absolute Gasteiger partial charge is 0.478 e. The molecule has 19 heavy (non-hydrogen) atoms. The lowest BCUT2D eigenvalue weighted by molar-refractivity contribution is 0.0699. The molecule has 1 aromatic carbocycles. The van der Waals surface area contributed by atoms with Gasteiger partial charge in [-0.3, -0.25) is 0 Å². The van der Waals surface area contributed by atoms with Crippen molar-refractivity contribution in [3.8, 4) is 0 Å². The molecule has 0 saturated heterocycles. The van der Waals surface area contributed by atoms with E-state index < -0.39 is 5.97 Å². The lowest BCUT2D eigenvalue weighted by atomic mass is 10.1. The molecule has 0 unspecified atom stereocenters. The van der Waals surface area contributed by atoms with Gasteiger partial charge in [-0.1, -0.05) is 33.8 Å². The number of nitrogens with zero attached hydrogens (tertiary/aromatic N) is 2. The first kappa shape index (κ1) is 13.6. The molecule has 0 radical (unpaired) electrons. The number of benzene rings is 1. The Morgan fingerprint density at radius 3 is 2.53 bits per heavy atom. The molecule has 0 atom stereocenters. The summed E-state index contributed by atoms with van der Waals surface area (Å²) in [5, 5.41) is 9.25. The van der Waals surface area contributed by atoms with Gasteiger partial charge in [-0.05, 0) is 18.1 Å². The number of rotatable bonds is 4. The number of hydrogen-bond donors (Lipinski definition) is 1. The van der Waals surface area contributed by atoms with Crippen LogP contribution in [0.3, 0.4) is 0 Å². The van der Waals surface area contributed by atoms with E-state index in [0.717, 1.165) is 17.9 Å². The molecule has 1 N–H and O–H groups in total. The Labute approximate surface area is 113 Å². The van der Waals surface area contributed by atoms with E-state index in [0.29, 0.717) is 11.4 Å². The van der Waals surface area contributed by atoms with Gasteiger partial charge in [0.15, 0.2) is 0 Å². The van der Waals surface area contributed by atoms with Gasteiger partial charge in [0.1, 0.15) is 11.3 Å². The Morgan fingerprint density at radius 2 is 2.00 bits per heavy atom. The first-order chi connectivity index (χ1) is 8.91. The van der Waals surface area contributed by atoms with Crippen molar-refractivity contribution in [1.29, 1.82) is 0 Å². The summed E-state index contributed by atoms with van der Waals surface area (Å²) in [4.78, 5) is 15.8. The van der Waals surface area contributed by atoms with Crippen molar-refractivity contribution in [3.05, 3.63) is 29.6 Å². The molecule has 0 amide bonds. The van der Waals surface area contributed by atoms with E-state index in [1.165, 1.54) is 0 Å². The summed E-state index contributed by atoms with van der Waals surface area (Å²) in [6.07, 6.45) is 0. The molecule has 1 heterocycles. The molecule has 4 nitrogen and oxygen atoms in total. The van der Waals surface area contributed by atoms with Gasteiger partial charge >= 0.3 is 5.97 Å². The van der Waals surface area contributed by atoms with Crippen molar-refractivity contribution < 1.29 is 9.90 Å². The summed E-state index contributed by atoms with van der Waals surface area (Å²) in [5.41, 5.74) is 1.79. The summed E-state index contributed by atoms with van der Waals surface area (Å²) >= 11 is 0. The van der Waals surface area contributed by atoms with Crippen LogP contribution in [0.15, 0.2) is 18.2 Å². The predicted octanol–water partition coefficient (Wildman–Crippen LogP) is 3.51. The van der Waals surface area contributed by atoms with Crippen molar-refractivity contribution in [3.63, 3.8) is 0 Å². The van der Waals surface area contributed by atoms with Crippen molar-refractivity contribution in [2.75, 3.05) is 0 Å². The Balaban J connectivity index is 2.73. The zero-order valence-electron chi connectivity index (χ0n) is 11.8. The van der Waals surface area contributed by atoms with Gasteiger partial charge < -0.3 is 9.67 Å². The van der Waals surface area contributed by atoms with Crippen molar-refractivity contribution in [1.82, 2.24) is 9.55 Å². The molecule has 0 spiro atoms. The van der Waals surface area contributed by atoms with E-state index >= 15 is 0 Å². The third-order valence-electron chi connectivity index (χ3n) is 3.10. The van der Waals surface area contributed by atoms with Crippen LogP contribution in [0.1, 0.15) is 49.8 Å². The molecule has 0 aliphatic carbocycles. The minimum Gasteiger partial charge on any atom is -0.478 e. The summed E-state index contributed by atoms with van der Waals surface area (Å²) < 4.78 is 2.15. The van der Waals surface area contributed by atoms with Gasteiger partial charge in [0, 0.05) is 12.5 Å². The van der Waals surface area contributed by atoms with Crippen LogP contribution < -0.4 is 0 Å². The first-order valence-corrected chi connectivity index (χ1v) is 6.64. The molecular formula is C15H20N2O2. The fourth-order valence-corrected chi connectivity index (χ4v) is 2.34. The van der Waals surface area contributed by atoms with Gasteiger partial charge in [0.25, 0.3) is 0 Å². The number of imidazole rings is 1. The highest BCUT2D eigenvalue weighted by atomic mass is 16.4. The fraction of sp³-hybridized carbons (Fsp3) is 0.467. The average Bonchev–Trinajstić information content (AvgIpc) is 2.67. The number of carboxylic acids is 1. The summed E-state index contributed by atoms with van der Waals surface area (Å²) in [6, 6.07) is 5.35. The van der Waals surface area contributed by atoms with Gasteiger partial charge in [-0.15, -0.1) is 0 Å². The van der Waals surface area contributed by atoms with Crippen LogP contribution in [0.5, 0.6) is 0 Å². The molecule has 2 rings (SSSR count). The van der Waals surface area contributed by atoms with Crippen molar-refractivity contribution >= 4 is 17.0 Å². The number of fused-ring (bicyclic) bond motifs is 1. The first-order valence-electron chi connectivity index (χ1n) is 6.64. The maximum atomic E-state index is 11.3. The second kappa shape index (κ2) is 5.03. The Morgan fingerprint density at radius 1 is 1.32 bits per heavy atom. The molecule has 0 aliphatic rings. The van der Waals surface area contributed by atoms with E-state index in [1.54, 1.807) is 12.1 Å². The minimum absolute atomic E-state index is 0.271. The van der Waals surface area contributed by atoms with Gasteiger partial charge in [0.05, 0.1) is 11.1 Å². The van der Waals surface area contributed by atoms with Crippen LogP contribution in [0.2, 0.25) is 0 Å². The zero-order chi connectivity index (χ0) is 14.2. The van der Waals surface area contributed by atoms with Crippen LogP contribution in [-0.2, 0) is 6.54 Å². The Kier molecular flexibility index (Phi) is 3.60. The molecular weight excluding hydrogens is 240 g/mol. The molecule has 4 heteroatoms. The predicted molar refractivity (Wildman–Crippen MR) is 75.6 cm³/mol. The Hall–Kier alpha value is -1.84. The van der Waals surface area contributed by atoms with Crippen LogP contribution in [0.4, 0.5) is 0 Å². The molecule has 0 bridgehead atoms. The number of aromatic nitrogens is 2. The van der Waals surface area contributed by atoms with E-state index in [-0.39, 0.29) is 11.5 Å². The maximum absolute atomic E-state index is 11.3. The highest BCUT2D eigenvalue weighted by Gasteiger charge is 2.18. The minimum atomic E-state index is -0.921. The molecule has 2 aromatic rings. The number of carbonyl (C=O) groups is 1. The van der Waals surface area contributed by atoms with E-state index in [1.807, 2.05) is 6.07 Å². The molecule has 0 saturated carbocycles. The van der Waals surface area contributed by atoms with Gasteiger partial charge in [-0.2, -0.15) is 0 Å². The number of aromatic carboxylic acids is 1. The van der Waals surface area contributed by atoms with E-state index in [4.69, 9.17) is 0 Å². The lowest BCUT2D eigenvalue weighted by Crippen LogP contribution is -2.09. The third kappa shape index (κ3) is 2.48. The van der Waals surface area contributed by atoms with Crippen molar-refractivity contribution in [2.45, 2.75) is 40.2 Å². The molecule has 1 aromatic heterocycles. The van der Waals surface area contributed by atoms with Crippen LogP contribution in [0.25, 0.3) is 11.0 Å². The van der Waals surface area contributed by atoms with E-state index in [2.05, 4.69) is 37.2 Å². The summed E-state index contributed by atoms with van der Waals surface area (Å²) in [5.74, 6) is 0.795. The molecule has 0 fully saturated rings. The second-order valence-corrected chi connectivity index (χ2v) is 5.61. The normalized spacial score (nSPS) is 11.7. The molecule has 102 valence electrons. The van der Waals surface area contributed by atoms with Crippen molar-refractivity contribution in [2.24, 2.45) is 5.92 Å². The fourth-order valence-electron chi connectivity index (χ4n) is 2.34. The monoisotopic (exact) mass is 260 g/mol. The highest BCUT2D eigenvalue weighted by molar-refractivity contribution is 6.01. The quantitative estimate of drug-likeness (QED) is 0.915. The SMILES string of the molecule is CC(C)Cn1c(C(C)C)nc2c(C(=O)O)cccc21. The van der Waals surface area contributed by atoms with Gasteiger partial charge in [-0.25, -0.2) is 9.78 Å². The number of carboxylic acid groups (broad SMARTS) is 1. The van der Waals surface area contributed by atoms with Crippen LogP contribution in [-0.4, -0.2) is 20.6 Å².